The van der Waals surface area contributed by atoms with Gasteiger partial charge in [0.15, 0.2) is 0 Å². The highest BCUT2D eigenvalue weighted by Crippen LogP contribution is 2.36. The molecule has 29 heavy (non-hydrogen) atoms. The van der Waals surface area contributed by atoms with Crippen molar-refractivity contribution in [2.24, 2.45) is 0 Å². The van der Waals surface area contributed by atoms with Crippen LogP contribution in [0.4, 0.5) is 5.82 Å². The van der Waals surface area contributed by atoms with Crippen molar-refractivity contribution in [2.75, 3.05) is 12.4 Å². The fraction of sp³-hybridized carbons (Fsp3) is 0.190. The highest BCUT2D eigenvalue weighted by Gasteiger charge is 2.26. The molecule has 0 spiro atoms. The third-order valence-electron chi connectivity index (χ3n) is 4.62. The first-order valence-corrected chi connectivity index (χ1v) is 10.3. The molecule has 0 saturated heterocycles. The second-order valence-electron chi connectivity index (χ2n) is 6.46. The number of para-hydroxylation sites is 2. The number of aromatic nitrogens is 2. The number of hydrogen-bond acceptors (Lipinski definition) is 5. The predicted octanol–water partition coefficient (Wildman–Crippen LogP) is 2.88. The summed E-state index contributed by atoms with van der Waals surface area (Å²) in [6.07, 6.45) is 0. The minimum Gasteiger partial charge on any atom is -0.496 e. The van der Waals surface area contributed by atoms with E-state index in [0.717, 1.165) is 34.0 Å². The Morgan fingerprint density at radius 3 is 2.62 bits per heavy atom. The van der Waals surface area contributed by atoms with Crippen molar-refractivity contribution >= 4 is 29.4 Å². The molecule has 0 saturated carbocycles. The normalized spacial score (nSPS) is 12.3. The van der Waals surface area contributed by atoms with E-state index >= 15 is 0 Å². The van der Waals surface area contributed by atoms with Crippen LogP contribution >= 0.6 is 11.8 Å². The fourth-order valence-electron chi connectivity index (χ4n) is 3.17. The van der Waals surface area contributed by atoms with Crippen molar-refractivity contribution in [1.29, 1.82) is 0 Å². The minimum absolute atomic E-state index is 0.197. The molecule has 0 fully saturated rings. The van der Waals surface area contributed by atoms with Crippen LogP contribution in [0.15, 0.2) is 54.6 Å². The number of amides is 2. The van der Waals surface area contributed by atoms with E-state index in [-0.39, 0.29) is 6.54 Å². The summed E-state index contributed by atoms with van der Waals surface area (Å²) in [6, 6.07) is 16.9. The van der Waals surface area contributed by atoms with Crippen molar-refractivity contribution in [3.8, 4) is 11.4 Å². The molecular weight excluding hydrogens is 388 g/mol. The number of anilines is 1. The highest BCUT2D eigenvalue weighted by molar-refractivity contribution is 7.98. The maximum absolute atomic E-state index is 12.6. The fourth-order valence-corrected chi connectivity index (χ4v) is 4.20. The van der Waals surface area contributed by atoms with Gasteiger partial charge in [0.05, 0.1) is 18.5 Å². The molecule has 148 valence electrons. The molecule has 4 rings (SSSR count). The molecule has 1 aliphatic rings. The lowest BCUT2D eigenvalue weighted by atomic mass is 10.2. The minimum atomic E-state index is -0.725. The number of thioether (sulfide) groups is 1. The summed E-state index contributed by atoms with van der Waals surface area (Å²) in [5.41, 5.74) is 3.52. The number of hydrogen-bond donors (Lipinski definition) is 2. The van der Waals surface area contributed by atoms with Crippen molar-refractivity contribution in [2.45, 2.75) is 18.1 Å². The third kappa shape index (κ3) is 3.97. The second kappa shape index (κ2) is 8.40. The van der Waals surface area contributed by atoms with Crippen molar-refractivity contribution in [3.63, 3.8) is 0 Å². The van der Waals surface area contributed by atoms with Crippen molar-refractivity contribution in [1.82, 2.24) is 15.1 Å². The lowest BCUT2D eigenvalue weighted by molar-refractivity contribution is -0.136. The third-order valence-corrected chi connectivity index (χ3v) is 5.59. The molecule has 2 heterocycles. The number of fused-ring (bicyclic) bond motifs is 1. The summed E-state index contributed by atoms with van der Waals surface area (Å²) in [5.74, 6) is 1.31. The monoisotopic (exact) mass is 408 g/mol. The van der Waals surface area contributed by atoms with E-state index in [0.29, 0.717) is 11.6 Å². The summed E-state index contributed by atoms with van der Waals surface area (Å²) in [7, 11) is 1.57. The van der Waals surface area contributed by atoms with E-state index in [1.165, 1.54) is 0 Å². The molecule has 0 aliphatic carbocycles. The van der Waals surface area contributed by atoms with Gasteiger partial charge >= 0.3 is 11.8 Å². The number of nitrogens with zero attached hydrogens (tertiary/aromatic N) is 2. The quantitative estimate of drug-likeness (QED) is 0.634. The summed E-state index contributed by atoms with van der Waals surface area (Å²) in [4.78, 5) is 25.0. The molecule has 8 heteroatoms. The largest absolute Gasteiger partial charge is 0.496 e. The lowest BCUT2D eigenvalue weighted by Crippen LogP contribution is -2.35. The van der Waals surface area contributed by atoms with Gasteiger partial charge in [-0.1, -0.05) is 36.4 Å². The zero-order valence-electron chi connectivity index (χ0n) is 15.8. The molecule has 0 radical (unpaired) electrons. The van der Waals surface area contributed by atoms with Gasteiger partial charge in [0.1, 0.15) is 11.6 Å². The lowest BCUT2D eigenvalue weighted by Gasteiger charge is -2.12. The first kappa shape index (κ1) is 19.1. The van der Waals surface area contributed by atoms with Crippen LogP contribution in [0, 0.1) is 0 Å². The average molecular weight is 408 g/mol. The Hall–Kier alpha value is -3.26. The Morgan fingerprint density at radius 2 is 1.83 bits per heavy atom. The average Bonchev–Trinajstić information content (AvgIpc) is 3.35. The Kier molecular flexibility index (Phi) is 5.53. The summed E-state index contributed by atoms with van der Waals surface area (Å²) >= 11 is 1.73. The summed E-state index contributed by atoms with van der Waals surface area (Å²) in [5, 5.41) is 10.0. The number of rotatable bonds is 5. The molecule has 2 amide bonds. The Balaban J connectivity index is 1.50. The first-order chi connectivity index (χ1) is 14.2. The zero-order chi connectivity index (χ0) is 20.2. The molecule has 0 bridgehead atoms. The number of carbonyl (C=O) groups excluding carboxylic acids is 2. The SMILES string of the molecule is COc1ccccc1CNC(=O)C(=O)Nc1c2c(nn1-c1ccccc1)CSC2. The van der Waals surface area contributed by atoms with Gasteiger partial charge in [-0.15, -0.1) is 0 Å². The topological polar surface area (TPSA) is 85.2 Å². The molecule has 7 nitrogen and oxygen atoms in total. The molecule has 1 aromatic heterocycles. The van der Waals surface area contributed by atoms with Gasteiger partial charge in [0.2, 0.25) is 0 Å². The maximum atomic E-state index is 12.6. The van der Waals surface area contributed by atoms with Crippen LogP contribution in [0.25, 0.3) is 5.69 Å². The van der Waals surface area contributed by atoms with Crippen molar-refractivity contribution in [3.05, 3.63) is 71.4 Å². The number of nitrogens with one attached hydrogen (secondary N) is 2. The van der Waals surface area contributed by atoms with Gasteiger partial charge < -0.3 is 15.4 Å². The number of ether oxygens (including phenoxy) is 1. The van der Waals surface area contributed by atoms with Crippen LogP contribution in [0.1, 0.15) is 16.8 Å². The molecule has 2 aromatic carbocycles. The van der Waals surface area contributed by atoms with Crippen molar-refractivity contribution < 1.29 is 14.3 Å². The van der Waals surface area contributed by atoms with E-state index in [1.807, 2.05) is 48.5 Å². The highest BCUT2D eigenvalue weighted by atomic mass is 32.2. The van der Waals surface area contributed by atoms with Gasteiger partial charge in [-0.25, -0.2) is 4.68 Å². The molecular formula is C21H20N4O3S. The predicted molar refractivity (Wildman–Crippen MR) is 112 cm³/mol. The van der Waals surface area contributed by atoms with Gasteiger partial charge in [-0.05, 0) is 18.2 Å². The Labute approximate surface area is 172 Å². The molecule has 3 aromatic rings. The summed E-state index contributed by atoms with van der Waals surface area (Å²) in [6.45, 7) is 0.197. The van der Waals surface area contributed by atoms with E-state index in [4.69, 9.17) is 4.74 Å². The second-order valence-corrected chi connectivity index (χ2v) is 7.45. The maximum Gasteiger partial charge on any atom is 0.314 e. The van der Waals surface area contributed by atoms with E-state index in [1.54, 1.807) is 29.6 Å². The first-order valence-electron chi connectivity index (χ1n) is 9.12. The van der Waals surface area contributed by atoms with Crippen LogP contribution in [-0.4, -0.2) is 28.7 Å². The van der Waals surface area contributed by atoms with Gasteiger partial charge in [-0.2, -0.15) is 16.9 Å². The number of carbonyl (C=O) groups is 2. The summed E-state index contributed by atoms with van der Waals surface area (Å²) < 4.78 is 6.96. The number of methoxy groups -OCH3 is 1. The molecule has 0 unspecified atom stereocenters. The standard InChI is InChI=1S/C21H20N4O3S/c1-28-18-10-6-5-7-14(18)11-22-20(26)21(27)23-19-16-12-29-13-17(16)24-25(19)15-8-3-2-4-9-15/h2-10H,11-13H2,1H3,(H,22,26)(H,23,27). The number of benzene rings is 2. The van der Waals surface area contributed by atoms with Crippen LogP contribution < -0.4 is 15.4 Å². The van der Waals surface area contributed by atoms with Crippen LogP contribution in [0.2, 0.25) is 0 Å². The molecule has 2 N–H and O–H groups in total. The van der Waals surface area contributed by atoms with Gasteiger partial charge in [0.25, 0.3) is 0 Å². The zero-order valence-corrected chi connectivity index (χ0v) is 16.7. The van der Waals surface area contributed by atoms with E-state index in [2.05, 4.69) is 15.7 Å². The van der Waals surface area contributed by atoms with Gasteiger partial charge in [-0.3, -0.25) is 9.59 Å². The van der Waals surface area contributed by atoms with Crippen LogP contribution in [-0.2, 0) is 27.6 Å². The van der Waals surface area contributed by atoms with E-state index in [9.17, 15) is 9.59 Å². The van der Waals surface area contributed by atoms with Crippen LogP contribution in [0.3, 0.4) is 0 Å². The Bertz CT molecular complexity index is 1050. The Morgan fingerprint density at radius 1 is 1.07 bits per heavy atom. The molecule has 0 atom stereocenters. The van der Waals surface area contributed by atoms with Gasteiger partial charge in [0, 0.05) is 29.2 Å². The molecule has 1 aliphatic heterocycles. The van der Waals surface area contributed by atoms with Crippen LogP contribution in [0.5, 0.6) is 5.75 Å². The van der Waals surface area contributed by atoms with E-state index < -0.39 is 11.8 Å². The smallest absolute Gasteiger partial charge is 0.314 e.